The molecule has 0 spiro atoms. The Hall–Kier alpha value is 0.540. The second-order valence-electron chi connectivity index (χ2n) is 13.8. The summed E-state index contributed by atoms with van der Waals surface area (Å²) in [6, 6.07) is 7.53. The van der Waals surface area contributed by atoms with Gasteiger partial charge in [-0.1, -0.05) is 65.2 Å². The summed E-state index contributed by atoms with van der Waals surface area (Å²) in [7, 11) is 16.6. The molecule has 0 unspecified atom stereocenters. The standard InChI is InChI=1S/C32H64N3.3BrH/c1-10-12-14-16-18-20-22-34(6,7)28-31-24-30(27-33(3,4)5)25-32(26-31)29-35(8,9)23-21-19-17-15-13-11-2;;;/h24-26H,10-23,27-29H2,1-9H3;3*1H/q+3;;;/p-3. The summed E-state index contributed by atoms with van der Waals surface area (Å²) in [4.78, 5) is 0. The fourth-order valence-corrected chi connectivity index (χ4v) is 5.45. The third-order valence-corrected chi connectivity index (χ3v) is 7.22. The fraction of sp³-hybridized carbons (Fsp3) is 0.812. The van der Waals surface area contributed by atoms with Crippen LogP contribution in [0.25, 0.3) is 0 Å². The number of hydrogen-bond donors (Lipinski definition) is 0. The largest absolute Gasteiger partial charge is 1.00 e. The van der Waals surface area contributed by atoms with Crippen molar-refractivity contribution in [3.8, 4) is 0 Å². The highest BCUT2D eigenvalue weighted by atomic mass is 79.9. The van der Waals surface area contributed by atoms with Gasteiger partial charge in [-0.3, -0.25) is 0 Å². The number of unbranched alkanes of at least 4 members (excludes halogenated alkanes) is 10. The first-order valence-electron chi connectivity index (χ1n) is 14.9. The van der Waals surface area contributed by atoms with Crippen molar-refractivity contribution in [1.82, 2.24) is 0 Å². The Bertz CT molecular complexity index is 651. The van der Waals surface area contributed by atoms with Crippen molar-refractivity contribution in [1.29, 1.82) is 0 Å². The number of quaternary nitrogens is 3. The summed E-state index contributed by atoms with van der Waals surface area (Å²) in [5.41, 5.74) is 4.56. The van der Waals surface area contributed by atoms with Gasteiger partial charge in [-0.2, -0.15) is 0 Å². The lowest BCUT2D eigenvalue weighted by Gasteiger charge is -2.32. The molecule has 0 aliphatic heterocycles. The number of benzene rings is 1. The Morgan fingerprint density at radius 3 is 1.03 bits per heavy atom. The van der Waals surface area contributed by atoms with Gasteiger partial charge in [0.15, 0.2) is 0 Å². The molecule has 0 N–H and O–H groups in total. The SMILES string of the molecule is CCCCCCCC[N+](C)(C)Cc1cc(C[N+](C)(C)C)cc(C[N+](C)(C)CCCCCCCC)c1.[Br-].[Br-].[Br-]. The van der Waals surface area contributed by atoms with Crippen LogP contribution in [0.3, 0.4) is 0 Å². The van der Waals surface area contributed by atoms with Crippen LogP contribution in [-0.4, -0.2) is 75.9 Å². The number of hydrogen-bond acceptors (Lipinski definition) is 0. The molecule has 6 heteroatoms. The average Bonchev–Trinajstić information content (AvgIpc) is 2.71. The molecule has 3 nitrogen and oxygen atoms in total. The molecule has 1 rings (SSSR count). The minimum Gasteiger partial charge on any atom is -1.00 e. The maximum atomic E-state index is 2.53. The van der Waals surface area contributed by atoms with Crippen molar-refractivity contribution in [2.45, 2.75) is 111 Å². The van der Waals surface area contributed by atoms with Crippen LogP contribution in [0, 0.1) is 0 Å². The molecule has 228 valence electrons. The first-order chi connectivity index (χ1) is 16.4. The van der Waals surface area contributed by atoms with Gasteiger partial charge in [0.1, 0.15) is 19.6 Å². The molecule has 0 aliphatic carbocycles. The van der Waals surface area contributed by atoms with Crippen molar-refractivity contribution in [2.24, 2.45) is 0 Å². The molecule has 1 aromatic rings. The van der Waals surface area contributed by atoms with E-state index in [0.29, 0.717) is 0 Å². The molecule has 0 bridgehead atoms. The van der Waals surface area contributed by atoms with Crippen molar-refractivity contribution in [3.05, 3.63) is 34.9 Å². The Kier molecular flexibility index (Phi) is 25.1. The zero-order valence-electron chi connectivity index (χ0n) is 26.7. The molecule has 38 heavy (non-hydrogen) atoms. The molecule has 1 aromatic carbocycles. The lowest BCUT2D eigenvalue weighted by molar-refractivity contribution is -0.904. The van der Waals surface area contributed by atoms with Crippen LogP contribution in [0.5, 0.6) is 0 Å². The quantitative estimate of drug-likeness (QED) is 0.117. The monoisotopic (exact) mass is 727 g/mol. The van der Waals surface area contributed by atoms with E-state index in [2.05, 4.69) is 81.4 Å². The molecule has 0 saturated heterocycles. The summed E-state index contributed by atoms with van der Waals surface area (Å²) < 4.78 is 3.17. The molecular weight excluding hydrogens is 666 g/mol. The van der Waals surface area contributed by atoms with Crippen molar-refractivity contribution < 1.29 is 64.4 Å². The summed E-state index contributed by atoms with van der Waals surface area (Å²) in [6.45, 7) is 10.5. The van der Waals surface area contributed by atoms with Gasteiger partial charge < -0.3 is 64.4 Å². The van der Waals surface area contributed by atoms with Crippen molar-refractivity contribution >= 4 is 0 Å². The molecule has 0 saturated carbocycles. The van der Waals surface area contributed by atoms with E-state index in [0.717, 1.165) is 33.1 Å². The molecule has 0 aliphatic rings. The van der Waals surface area contributed by atoms with Crippen LogP contribution in [-0.2, 0) is 19.6 Å². The maximum Gasteiger partial charge on any atom is 0.104 e. The highest BCUT2D eigenvalue weighted by molar-refractivity contribution is 5.29. The predicted octanol–water partition coefficient (Wildman–Crippen LogP) is -1.22. The summed E-state index contributed by atoms with van der Waals surface area (Å²) in [6.07, 6.45) is 16.6. The van der Waals surface area contributed by atoms with Crippen LogP contribution >= 0.6 is 0 Å². The smallest absolute Gasteiger partial charge is 0.104 e. The lowest BCUT2D eigenvalue weighted by Crippen LogP contribution is -3.00. The van der Waals surface area contributed by atoms with E-state index in [4.69, 9.17) is 0 Å². The highest BCUT2D eigenvalue weighted by Crippen LogP contribution is 2.21. The van der Waals surface area contributed by atoms with Crippen LogP contribution in [0.4, 0.5) is 0 Å². The van der Waals surface area contributed by atoms with E-state index in [1.807, 2.05) is 0 Å². The normalized spacial score (nSPS) is 11.9. The summed E-state index contributed by atoms with van der Waals surface area (Å²) in [5, 5.41) is 0. The first kappa shape index (κ1) is 43.0. The molecule has 0 heterocycles. The molecule has 0 fully saturated rings. The second kappa shape index (κ2) is 22.2. The van der Waals surface area contributed by atoms with Crippen LogP contribution in [0.2, 0.25) is 0 Å². The second-order valence-corrected chi connectivity index (χ2v) is 13.8. The minimum atomic E-state index is 0. The van der Waals surface area contributed by atoms with Crippen LogP contribution in [0.1, 0.15) is 108 Å². The predicted molar refractivity (Wildman–Crippen MR) is 156 cm³/mol. The van der Waals surface area contributed by atoms with Gasteiger partial charge in [-0.25, -0.2) is 0 Å². The van der Waals surface area contributed by atoms with Gasteiger partial charge in [0.05, 0.1) is 62.4 Å². The lowest BCUT2D eigenvalue weighted by atomic mass is 10.0. The van der Waals surface area contributed by atoms with Gasteiger partial charge in [0.2, 0.25) is 0 Å². The topological polar surface area (TPSA) is 0 Å². The Labute approximate surface area is 270 Å². The molecule has 0 aromatic heterocycles. The Morgan fingerprint density at radius 1 is 0.421 bits per heavy atom. The third kappa shape index (κ3) is 22.3. The van der Waals surface area contributed by atoms with E-state index < -0.39 is 0 Å². The van der Waals surface area contributed by atoms with Gasteiger partial charge in [-0.05, 0) is 43.9 Å². The Balaban J connectivity index is -0.00000408. The van der Waals surface area contributed by atoms with Gasteiger partial charge in [0, 0.05) is 16.7 Å². The van der Waals surface area contributed by atoms with Crippen LogP contribution in [0.15, 0.2) is 18.2 Å². The first-order valence-corrected chi connectivity index (χ1v) is 14.9. The molecule has 0 atom stereocenters. The number of rotatable bonds is 20. The minimum absolute atomic E-state index is 0. The number of nitrogens with zero attached hydrogens (tertiary/aromatic N) is 3. The molecule has 0 amide bonds. The summed E-state index contributed by atoms with van der Waals surface area (Å²) >= 11 is 0. The zero-order valence-corrected chi connectivity index (χ0v) is 31.5. The van der Waals surface area contributed by atoms with E-state index in [1.54, 1.807) is 0 Å². The van der Waals surface area contributed by atoms with E-state index in [-0.39, 0.29) is 50.9 Å². The van der Waals surface area contributed by atoms with Gasteiger partial charge in [-0.15, -0.1) is 0 Å². The maximum absolute atomic E-state index is 2.53. The van der Waals surface area contributed by atoms with Gasteiger partial charge in [0.25, 0.3) is 0 Å². The van der Waals surface area contributed by atoms with E-state index in [9.17, 15) is 0 Å². The molecule has 0 radical (unpaired) electrons. The van der Waals surface area contributed by atoms with Crippen molar-refractivity contribution in [3.63, 3.8) is 0 Å². The highest BCUT2D eigenvalue weighted by Gasteiger charge is 2.21. The van der Waals surface area contributed by atoms with E-state index >= 15 is 0 Å². The van der Waals surface area contributed by atoms with Gasteiger partial charge >= 0.3 is 0 Å². The van der Waals surface area contributed by atoms with Crippen LogP contribution < -0.4 is 50.9 Å². The zero-order chi connectivity index (χ0) is 26.4. The van der Waals surface area contributed by atoms with E-state index in [1.165, 1.54) is 107 Å². The Morgan fingerprint density at radius 2 is 0.711 bits per heavy atom. The third-order valence-electron chi connectivity index (χ3n) is 7.22. The van der Waals surface area contributed by atoms with Crippen molar-refractivity contribution in [2.75, 3.05) is 62.4 Å². The molecular formula is C32H64Br3N3. The fourth-order valence-electron chi connectivity index (χ4n) is 5.45. The number of halogens is 3. The summed E-state index contributed by atoms with van der Waals surface area (Å²) in [5.74, 6) is 0. The average molecular weight is 731 g/mol.